The van der Waals surface area contributed by atoms with Crippen LogP contribution in [0, 0.1) is 13.8 Å². The molecule has 2 aromatic rings. The Kier molecular flexibility index (Phi) is 5.20. The first-order chi connectivity index (χ1) is 13.2. The number of rotatable bonds is 2. The van der Waals surface area contributed by atoms with Crippen molar-refractivity contribution in [3.63, 3.8) is 0 Å². The third-order valence-corrected chi connectivity index (χ3v) is 6.18. The van der Waals surface area contributed by atoms with Crippen LogP contribution in [0.1, 0.15) is 61.6 Å². The summed E-state index contributed by atoms with van der Waals surface area (Å²) in [6.45, 7) is 5.10. The molecule has 27 heavy (non-hydrogen) atoms. The highest BCUT2D eigenvalue weighted by atomic mass is 15.2. The molecule has 0 saturated heterocycles. The van der Waals surface area contributed by atoms with Gasteiger partial charge in [0.1, 0.15) is 5.84 Å². The molecule has 0 bridgehead atoms. The largest absolute Gasteiger partial charge is 0.371 e. The second kappa shape index (κ2) is 7.75. The van der Waals surface area contributed by atoms with E-state index in [0.717, 1.165) is 30.9 Å². The van der Waals surface area contributed by atoms with Crippen LogP contribution in [-0.4, -0.2) is 11.4 Å². The van der Waals surface area contributed by atoms with Gasteiger partial charge in [0.2, 0.25) is 0 Å². The third kappa shape index (κ3) is 3.87. The maximum absolute atomic E-state index is 5.10. The number of hydrogen-bond donors (Lipinski definition) is 2. The van der Waals surface area contributed by atoms with Crippen LogP contribution in [-0.2, 0) is 6.54 Å². The average Bonchev–Trinajstić information content (AvgIpc) is 2.65. The van der Waals surface area contributed by atoms with Crippen molar-refractivity contribution in [1.82, 2.24) is 0 Å². The summed E-state index contributed by atoms with van der Waals surface area (Å²) in [5, 5.41) is 7.67. The predicted molar refractivity (Wildman–Crippen MR) is 116 cm³/mol. The monoisotopic (exact) mass is 361 g/mol. The number of hydrogen-bond acceptors (Lipinski definition) is 2. The van der Waals surface area contributed by atoms with Crippen LogP contribution >= 0.6 is 0 Å². The van der Waals surface area contributed by atoms with Gasteiger partial charge >= 0.3 is 0 Å². The summed E-state index contributed by atoms with van der Waals surface area (Å²) in [4.78, 5) is 5.10. The lowest BCUT2D eigenvalue weighted by Crippen LogP contribution is -2.53. The number of aryl methyl sites for hydroxylation is 2. The van der Waals surface area contributed by atoms with Gasteiger partial charge < -0.3 is 10.6 Å². The zero-order chi connectivity index (χ0) is 18.7. The topological polar surface area (TPSA) is 36.4 Å². The number of amidine groups is 1. The Labute approximate surface area is 163 Å². The maximum Gasteiger partial charge on any atom is 0.127 e. The van der Waals surface area contributed by atoms with E-state index < -0.39 is 0 Å². The van der Waals surface area contributed by atoms with E-state index in [-0.39, 0.29) is 5.54 Å². The fraction of sp³-hybridized carbons (Fsp3) is 0.458. The molecule has 2 aliphatic rings. The zero-order valence-electron chi connectivity index (χ0n) is 16.6. The molecule has 0 aromatic heterocycles. The van der Waals surface area contributed by atoms with Gasteiger partial charge in [-0.3, -0.25) is 4.99 Å². The minimum absolute atomic E-state index is 0.0517. The second-order valence-electron chi connectivity index (χ2n) is 8.23. The van der Waals surface area contributed by atoms with Crippen molar-refractivity contribution in [1.29, 1.82) is 0 Å². The minimum atomic E-state index is -0.0517. The molecule has 0 radical (unpaired) electrons. The molecule has 0 atom stereocenters. The molecule has 2 aromatic carbocycles. The minimum Gasteiger partial charge on any atom is -0.371 e. The van der Waals surface area contributed by atoms with Crippen molar-refractivity contribution in [2.75, 3.05) is 10.6 Å². The van der Waals surface area contributed by atoms with E-state index in [2.05, 4.69) is 66.9 Å². The fourth-order valence-electron chi connectivity index (χ4n) is 4.40. The smallest absolute Gasteiger partial charge is 0.127 e. The molecule has 2 N–H and O–H groups in total. The van der Waals surface area contributed by atoms with Crippen molar-refractivity contribution in [2.24, 2.45) is 4.99 Å². The molecule has 1 saturated carbocycles. The molecule has 1 spiro atoms. The first-order valence-electron chi connectivity index (χ1n) is 10.4. The van der Waals surface area contributed by atoms with Gasteiger partial charge in [-0.05, 0) is 55.5 Å². The van der Waals surface area contributed by atoms with Gasteiger partial charge in [-0.15, -0.1) is 0 Å². The van der Waals surface area contributed by atoms with Crippen LogP contribution in [0.15, 0.2) is 47.5 Å². The summed E-state index contributed by atoms with van der Waals surface area (Å²) in [5.41, 5.74) is 6.27. The summed E-state index contributed by atoms with van der Waals surface area (Å²) in [6.07, 6.45) is 8.86. The van der Waals surface area contributed by atoms with Crippen molar-refractivity contribution in [3.05, 3.63) is 59.2 Å². The summed E-state index contributed by atoms with van der Waals surface area (Å²) in [5.74, 6) is 1.13. The lowest BCUT2D eigenvalue weighted by molar-refractivity contribution is 0.419. The summed E-state index contributed by atoms with van der Waals surface area (Å²) >= 11 is 0. The Morgan fingerprint density at radius 3 is 2.19 bits per heavy atom. The van der Waals surface area contributed by atoms with Crippen LogP contribution in [0.2, 0.25) is 0 Å². The molecule has 1 aliphatic heterocycles. The fourth-order valence-corrected chi connectivity index (χ4v) is 4.40. The first kappa shape index (κ1) is 18.1. The standard InChI is InChI=1S/C24H31N3/c1-18-15-21-22(16-19(18)2)27-24(13-9-4-3-5-10-14-24)23(26-21)25-17-20-11-7-6-8-12-20/h6-8,11-12,15-16,27H,3-5,9-10,13-14,17H2,1-2H3,(H,25,26). The van der Waals surface area contributed by atoms with E-state index in [4.69, 9.17) is 4.99 Å². The Morgan fingerprint density at radius 2 is 1.48 bits per heavy atom. The van der Waals surface area contributed by atoms with Crippen molar-refractivity contribution >= 4 is 17.2 Å². The highest BCUT2D eigenvalue weighted by Crippen LogP contribution is 2.39. The van der Waals surface area contributed by atoms with Crippen molar-refractivity contribution < 1.29 is 0 Å². The van der Waals surface area contributed by atoms with Gasteiger partial charge in [0.25, 0.3) is 0 Å². The molecule has 142 valence electrons. The van der Waals surface area contributed by atoms with E-state index in [1.54, 1.807) is 0 Å². The van der Waals surface area contributed by atoms with E-state index in [9.17, 15) is 0 Å². The molecule has 0 amide bonds. The van der Waals surface area contributed by atoms with E-state index >= 15 is 0 Å². The van der Waals surface area contributed by atoms with Crippen LogP contribution in [0.5, 0.6) is 0 Å². The van der Waals surface area contributed by atoms with Gasteiger partial charge in [0.05, 0.1) is 23.5 Å². The number of anilines is 2. The molecular formula is C24H31N3. The normalized spacial score (nSPS) is 20.3. The number of nitrogens with one attached hydrogen (secondary N) is 2. The van der Waals surface area contributed by atoms with Gasteiger partial charge in [0, 0.05) is 0 Å². The quantitative estimate of drug-likeness (QED) is 0.666. The molecule has 1 heterocycles. The molecule has 3 heteroatoms. The molecular weight excluding hydrogens is 330 g/mol. The number of aliphatic imine (C=N–C) groups is 1. The SMILES string of the molecule is Cc1cc2c(cc1C)NC1(CCCCCCC1)C(=NCc1ccccc1)N2. The summed E-state index contributed by atoms with van der Waals surface area (Å²) in [6, 6.07) is 15.1. The molecule has 1 fully saturated rings. The molecule has 4 rings (SSSR count). The lowest BCUT2D eigenvalue weighted by Gasteiger charge is -2.43. The van der Waals surface area contributed by atoms with Crippen molar-refractivity contribution in [2.45, 2.75) is 70.9 Å². The first-order valence-corrected chi connectivity index (χ1v) is 10.4. The van der Waals surface area contributed by atoms with Crippen LogP contribution in [0.25, 0.3) is 0 Å². The predicted octanol–water partition coefficient (Wildman–Crippen LogP) is 6.22. The van der Waals surface area contributed by atoms with Crippen LogP contribution < -0.4 is 10.6 Å². The van der Waals surface area contributed by atoms with Gasteiger partial charge in [0.15, 0.2) is 0 Å². The third-order valence-electron chi connectivity index (χ3n) is 6.18. The Morgan fingerprint density at radius 1 is 0.852 bits per heavy atom. The Bertz CT molecular complexity index is 815. The van der Waals surface area contributed by atoms with Gasteiger partial charge in [-0.1, -0.05) is 62.4 Å². The van der Waals surface area contributed by atoms with E-state index in [1.807, 2.05) is 0 Å². The second-order valence-corrected chi connectivity index (χ2v) is 8.23. The Balaban J connectivity index is 1.71. The zero-order valence-corrected chi connectivity index (χ0v) is 16.6. The molecule has 0 unspecified atom stereocenters. The highest BCUT2D eigenvalue weighted by molar-refractivity contribution is 6.09. The summed E-state index contributed by atoms with van der Waals surface area (Å²) in [7, 11) is 0. The molecule has 3 nitrogen and oxygen atoms in total. The number of benzene rings is 2. The lowest BCUT2D eigenvalue weighted by atomic mass is 9.81. The van der Waals surface area contributed by atoms with E-state index in [1.165, 1.54) is 54.5 Å². The van der Waals surface area contributed by atoms with Crippen molar-refractivity contribution in [3.8, 4) is 0 Å². The van der Waals surface area contributed by atoms with E-state index in [0.29, 0.717) is 0 Å². The summed E-state index contributed by atoms with van der Waals surface area (Å²) < 4.78 is 0. The maximum atomic E-state index is 5.10. The van der Waals surface area contributed by atoms with Crippen LogP contribution in [0.3, 0.4) is 0 Å². The molecule has 1 aliphatic carbocycles. The van der Waals surface area contributed by atoms with Gasteiger partial charge in [-0.25, -0.2) is 0 Å². The average molecular weight is 362 g/mol. The Hall–Kier alpha value is -2.29. The number of nitrogens with zero attached hydrogens (tertiary/aromatic N) is 1. The van der Waals surface area contributed by atoms with Gasteiger partial charge in [-0.2, -0.15) is 0 Å². The highest BCUT2D eigenvalue weighted by Gasteiger charge is 2.39. The number of fused-ring (bicyclic) bond motifs is 1. The van der Waals surface area contributed by atoms with Crippen LogP contribution in [0.4, 0.5) is 11.4 Å².